The fourth-order valence-corrected chi connectivity index (χ4v) is 3.00. The molecule has 4 nitrogen and oxygen atoms in total. The summed E-state index contributed by atoms with van der Waals surface area (Å²) in [6, 6.07) is 0.203. The fourth-order valence-electron chi connectivity index (χ4n) is 3.00. The van der Waals surface area contributed by atoms with E-state index in [9.17, 15) is 4.79 Å². The summed E-state index contributed by atoms with van der Waals surface area (Å²) in [5.41, 5.74) is 5.67. The van der Waals surface area contributed by atoms with E-state index in [-0.39, 0.29) is 17.4 Å². The third-order valence-electron chi connectivity index (χ3n) is 4.33. The second-order valence-corrected chi connectivity index (χ2v) is 5.98. The maximum Gasteiger partial charge on any atom is 0.230 e. The first-order valence-corrected chi connectivity index (χ1v) is 7.57. The molecule has 1 fully saturated rings. The van der Waals surface area contributed by atoms with Crippen LogP contribution < -0.4 is 5.73 Å². The lowest BCUT2D eigenvalue weighted by Crippen LogP contribution is -2.51. The summed E-state index contributed by atoms with van der Waals surface area (Å²) in [4.78, 5) is 14.9. The highest BCUT2D eigenvalue weighted by Gasteiger charge is 2.40. The zero-order valence-electron chi connectivity index (χ0n) is 12.8. The highest BCUT2D eigenvalue weighted by atomic mass is 16.5. The minimum absolute atomic E-state index is 0.203. The zero-order valence-corrected chi connectivity index (χ0v) is 12.8. The van der Waals surface area contributed by atoms with E-state index in [1.54, 1.807) is 7.11 Å². The van der Waals surface area contributed by atoms with Crippen LogP contribution in [0.25, 0.3) is 0 Å². The molecule has 0 aromatic heterocycles. The number of hydrogen-bond donors (Lipinski definition) is 1. The highest BCUT2D eigenvalue weighted by molar-refractivity contribution is 5.83. The molecule has 1 rings (SSSR count). The van der Waals surface area contributed by atoms with Gasteiger partial charge in [0.05, 0.1) is 12.0 Å². The second kappa shape index (κ2) is 7.85. The molecule has 0 bridgehead atoms. The Bertz CT molecular complexity index is 271. The molecular formula is C15H30N2O2. The van der Waals surface area contributed by atoms with Crippen LogP contribution in [-0.4, -0.2) is 43.7 Å². The second-order valence-electron chi connectivity index (χ2n) is 5.98. The van der Waals surface area contributed by atoms with Crippen molar-refractivity contribution in [3.63, 3.8) is 0 Å². The highest BCUT2D eigenvalue weighted by Crippen LogP contribution is 2.36. The molecule has 112 valence electrons. The zero-order chi connectivity index (χ0) is 14.3. The van der Waals surface area contributed by atoms with E-state index in [0.29, 0.717) is 19.7 Å². The molecule has 19 heavy (non-hydrogen) atoms. The Hall–Kier alpha value is -0.610. The van der Waals surface area contributed by atoms with Crippen LogP contribution in [0.1, 0.15) is 52.4 Å². The molecule has 1 aliphatic carbocycles. The van der Waals surface area contributed by atoms with Crippen molar-refractivity contribution < 1.29 is 9.53 Å². The van der Waals surface area contributed by atoms with Gasteiger partial charge >= 0.3 is 0 Å². The smallest absolute Gasteiger partial charge is 0.230 e. The molecule has 2 N–H and O–H groups in total. The van der Waals surface area contributed by atoms with Gasteiger partial charge in [-0.15, -0.1) is 0 Å². The van der Waals surface area contributed by atoms with Crippen molar-refractivity contribution in [1.29, 1.82) is 0 Å². The summed E-state index contributed by atoms with van der Waals surface area (Å²) in [5, 5.41) is 0. The molecule has 1 saturated carbocycles. The van der Waals surface area contributed by atoms with Gasteiger partial charge in [-0.3, -0.25) is 4.79 Å². The van der Waals surface area contributed by atoms with Crippen LogP contribution in [0.15, 0.2) is 0 Å². The SMILES string of the molecule is COCCN(C(=O)C1(CN)CCCCCC1)C(C)C. The summed E-state index contributed by atoms with van der Waals surface area (Å²) in [5.74, 6) is 0.240. The Morgan fingerprint density at radius 3 is 2.26 bits per heavy atom. The predicted octanol–water partition coefficient (Wildman–Crippen LogP) is 2.17. The van der Waals surface area contributed by atoms with E-state index in [2.05, 4.69) is 13.8 Å². The van der Waals surface area contributed by atoms with E-state index in [0.717, 1.165) is 25.7 Å². The first-order valence-electron chi connectivity index (χ1n) is 7.57. The van der Waals surface area contributed by atoms with Crippen LogP contribution in [0.3, 0.4) is 0 Å². The third-order valence-corrected chi connectivity index (χ3v) is 4.33. The number of carbonyl (C=O) groups is 1. The average Bonchev–Trinajstić information content (AvgIpc) is 2.64. The van der Waals surface area contributed by atoms with Crippen molar-refractivity contribution >= 4 is 5.91 Å². The van der Waals surface area contributed by atoms with Crippen molar-refractivity contribution in [2.75, 3.05) is 26.8 Å². The van der Waals surface area contributed by atoms with Gasteiger partial charge in [-0.05, 0) is 26.7 Å². The molecule has 4 heteroatoms. The van der Waals surface area contributed by atoms with Crippen LogP contribution >= 0.6 is 0 Å². The predicted molar refractivity (Wildman–Crippen MR) is 77.9 cm³/mol. The Labute approximate surface area is 117 Å². The standard InChI is InChI=1S/C15H30N2O2/c1-13(2)17(10-11-19-3)14(18)15(12-16)8-6-4-5-7-9-15/h13H,4-12,16H2,1-3H3. The van der Waals surface area contributed by atoms with Crippen molar-refractivity contribution in [2.45, 2.75) is 58.4 Å². The molecule has 0 aromatic rings. The summed E-state index contributed by atoms with van der Waals surface area (Å²) in [6.45, 7) is 5.85. The van der Waals surface area contributed by atoms with E-state index in [1.807, 2.05) is 4.90 Å². The molecule has 0 aliphatic heterocycles. The van der Waals surface area contributed by atoms with Gasteiger partial charge in [0.2, 0.25) is 5.91 Å². The Balaban J connectivity index is 2.83. The number of amides is 1. The summed E-state index contributed by atoms with van der Waals surface area (Å²) >= 11 is 0. The molecule has 0 unspecified atom stereocenters. The quantitative estimate of drug-likeness (QED) is 0.753. The number of nitrogens with zero attached hydrogens (tertiary/aromatic N) is 1. The lowest BCUT2D eigenvalue weighted by molar-refractivity contribution is -0.145. The van der Waals surface area contributed by atoms with Gasteiger partial charge < -0.3 is 15.4 Å². The van der Waals surface area contributed by atoms with Crippen molar-refractivity contribution in [3.8, 4) is 0 Å². The minimum Gasteiger partial charge on any atom is -0.383 e. The van der Waals surface area contributed by atoms with Crippen LogP contribution in [0.5, 0.6) is 0 Å². The van der Waals surface area contributed by atoms with E-state index >= 15 is 0 Å². The molecule has 0 atom stereocenters. The fraction of sp³-hybridized carbons (Fsp3) is 0.933. The summed E-state index contributed by atoms with van der Waals surface area (Å²) in [6.07, 6.45) is 6.60. The minimum atomic E-state index is -0.325. The van der Waals surface area contributed by atoms with E-state index in [4.69, 9.17) is 10.5 Å². The van der Waals surface area contributed by atoms with Gasteiger partial charge in [0.15, 0.2) is 0 Å². The Morgan fingerprint density at radius 2 is 1.84 bits per heavy atom. The summed E-state index contributed by atoms with van der Waals surface area (Å²) < 4.78 is 5.13. The molecule has 1 aliphatic rings. The maximum atomic E-state index is 12.9. The summed E-state index contributed by atoms with van der Waals surface area (Å²) in [7, 11) is 1.67. The van der Waals surface area contributed by atoms with Crippen LogP contribution in [0.2, 0.25) is 0 Å². The van der Waals surface area contributed by atoms with Crippen LogP contribution in [0, 0.1) is 5.41 Å². The van der Waals surface area contributed by atoms with Gasteiger partial charge in [0.25, 0.3) is 0 Å². The Kier molecular flexibility index (Phi) is 6.80. The van der Waals surface area contributed by atoms with Crippen molar-refractivity contribution in [1.82, 2.24) is 4.90 Å². The van der Waals surface area contributed by atoms with Gasteiger partial charge in [-0.1, -0.05) is 25.7 Å². The Morgan fingerprint density at radius 1 is 1.26 bits per heavy atom. The molecule has 1 amide bonds. The number of carbonyl (C=O) groups excluding carboxylic acids is 1. The molecule has 0 heterocycles. The maximum absolute atomic E-state index is 12.9. The van der Waals surface area contributed by atoms with Crippen molar-refractivity contribution in [3.05, 3.63) is 0 Å². The van der Waals surface area contributed by atoms with Crippen molar-refractivity contribution in [2.24, 2.45) is 11.1 Å². The molecule has 0 aromatic carbocycles. The molecule has 0 radical (unpaired) electrons. The molecule has 0 spiro atoms. The normalized spacial score (nSPS) is 19.2. The number of ether oxygens (including phenoxy) is 1. The number of nitrogens with two attached hydrogens (primary N) is 1. The number of hydrogen-bond acceptors (Lipinski definition) is 3. The largest absolute Gasteiger partial charge is 0.383 e. The van der Waals surface area contributed by atoms with Crippen LogP contribution in [0.4, 0.5) is 0 Å². The average molecular weight is 270 g/mol. The van der Waals surface area contributed by atoms with E-state index < -0.39 is 0 Å². The van der Waals surface area contributed by atoms with Gasteiger partial charge in [0, 0.05) is 26.2 Å². The lowest BCUT2D eigenvalue weighted by atomic mass is 9.78. The lowest BCUT2D eigenvalue weighted by Gasteiger charge is -2.38. The first-order chi connectivity index (χ1) is 9.07. The first kappa shape index (κ1) is 16.4. The topological polar surface area (TPSA) is 55.6 Å². The van der Waals surface area contributed by atoms with Gasteiger partial charge in [-0.25, -0.2) is 0 Å². The van der Waals surface area contributed by atoms with Gasteiger partial charge in [0.1, 0.15) is 0 Å². The number of rotatable bonds is 6. The van der Waals surface area contributed by atoms with E-state index in [1.165, 1.54) is 12.8 Å². The van der Waals surface area contributed by atoms with Crippen LogP contribution in [-0.2, 0) is 9.53 Å². The monoisotopic (exact) mass is 270 g/mol. The third kappa shape index (κ3) is 4.18. The molecular weight excluding hydrogens is 240 g/mol. The molecule has 0 saturated heterocycles. The van der Waals surface area contributed by atoms with Gasteiger partial charge in [-0.2, -0.15) is 0 Å². The number of methoxy groups -OCH3 is 1.